The molecular formula is C20H32N2O2. The minimum atomic E-state index is 0.367. The van der Waals surface area contributed by atoms with Gasteiger partial charge in [-0.25, -0.2) is 0 Å². The van der Waals surface area contributed by atoms with Gasteiger partial charge < -0.3 is 19.7 Å². The topological polar surface area (TPSA) is 33.7 Å². The molecule has 1 heterocycles. The van der Waals surface area contributed by atoms with Gasteiger partial charge in [0, 0.05) is 25.6 Å². The molecular weight excluding hydrogens is 300 g/mol. The second-order valence-electron chi connectivity index (χ2n) is 7.67. The molecule has 1 aromatic carbocycles. The number of likely N-dealkylation sites (tertiary alicyclic amines) is 1. The lowest BCUT2D eigenvalue weighted by molar-refractivity contribution is 0.0234. The summed E-state index contributed by atoms with van der Waals surface area (Å²) in [6, 6.07) is 8.31. The minimum Gasteiger partial charge on any atom is -0.493 e. The SMILES string of the molecule is CNCC1CCN(CC2(COc3cccc(COC)c3)CCC2)C1. The van der Waals surface area contributed by atoms with Crippen LogP contribution in [0.2, 0.25) is 0 Å². The van der Waals surface area contributed by atoms with Gasteiger partial charge in [-0.2, -0.15) is 0 Å². The molecule has 4 nitrogen and oxygen atoms in total. The Morgan fingerprint density at radius 3 is 2.92 bits per heavy atom. The van der Waals surface area contributed by atoms with E-state index in [1.807, 2.05) is 0 Å². The van der Waals surface area contributed by atoms with E-state index in [1.54, 1.807) is 7.11 Å². The molecule has 1 N–H and O–H groups in total. The number of hydrogen-bond acceptors (Lipinski definition) is 4. The molecule has 3 rings (SSSR count). The largest absolute Gasteiger partial charge is 0.493 e. The molecule has 1 aliphatic heterocycles. The first-order chi connectivity index (χ1) is 11.7. The number of nitrogens with one attached hydrogen (secondary N) is 1. The maximum Gasteiger partial charge on any atom is 0.119 e. The first kappa shape index (κ1) is 17.7. The lowest BCUT2D eigenvalue weighted by Crippen LogP contribution is -2.45. The third-order valence-electron chi connectivity index (χ3n) is 5.59. The number of rotatable bonds is 9. The minimum absolute atomic E-state index is 0.367. The Morgan fingerprint density at radius 2 is 2.21 bits per heavy atom. The zero-order valence-corrected chi connectivity index (χ0v) is 15.2. The Morgan fingerprint density at radius 1 is 1.33 bits per heavy atom. The van der Waals surface area contributed by atoms with E-state index in [0.29, 0.717) is 12.0 Å². The average Bonchev–Trinajstić information content (AvgIpc) is 2.98. The van der Waals surface area contributed by atoms with E-state index in [4.69, 9.17) is 9.47 Å². The van der Waals surface area contributed by atoms with Crippen molar-refractivity contribution in [2.45, 2.75) is 32.3 Å². The number of hydrogen-bond donors (Lipinski definition) is 1. The average molecular weight is 332 g/mol. The smallest absolute Gasteiger partial charge is 0.119 e. The van der Waals surface area contributed by atoms with Crippen molar-refractivity contribution in [3.05, 3.63) is 29.8 Å². The molecule has 0 amide bonds. The highest BCUT2D eigenvalue weighted by atomic mass is 16.5. The van der Waals surface area contributed by atoms with E-state index >= 15 is 0 Å². The van der Waals surface area contributed by atoms with Crippen LogP contribution in [0.1, 0.15) is 31.2 Å². The van der Waals surface area contributed by atoms with Gasteiger partial charge in [0.15, 0.2) is 0 Å². The van der Waals surface area contributed by atoms with Gasteiger partial charge in [0.2, 0.25) is 0 Å². The van der Waals surface area contributed by atoms with Crippen LogP contribution >= 0.6 is 0 Å². The van der Waals surface area contributed by atoms with Crippen LogP contribution < -0.4 is 10.1 Å². The van der Waals surface area contributed by atoms with Crippen LogP contribution in [0.15, 0.2) is 24.3 Å². The van der Waals surface area contributed by atoms with E-state index in [1.165, 1.54) is 50.9 Å². The molecule has 0 aromatic heterocycles. The van der Waals surface area contributed by atoms with Crippen LogP contribution in [0.4, 0.5) is 0 Å². The highest BCUT2D eigenvalue weighted by Gasteiger charge is 2.40. The number of ether oxygens (including phenoxy) is 2. The van der Waals surface area contributed by atoms with Gasteiger partial charge in [-0.1, -0.05) is 18.6 Å². The van der Waals surface area contributed by atoms with E-state index in [9.17, 15) is 0 Å². The molecule has 2 fully saturated rings. The van der Waals surface area contributed by atoms with E-state index in [-0.39, 0.29) is 0 Å². The van der Waals surface area contributed by atoms with Crippen molar-refractivity contribution in [2.75, 3.05) is 46.9 Å². The summed E-state index contributed by atoms with van der Waals surface area (Å²) in [5, 5.41) is 3.32. The van der Waals surface area contributed by atoms with Crippen molar-refractivity contribution in [3.63, 3.8) is 0 Å². The highest BCUT2D eigenvalue weighted by Crippen LogP contribution is 2.42. The van der Waals surface area contributed by atoms with E-state index in [0.717, 1.165) is 24.8 Å². The summed E-state index contributed by atoms with van der Waals surface area (Å²) in [6.45, 7) is 6.32. The predicted molar refractivity (Wildman–Crippen MR) is 97.4 cm³/mol. The lowest BCUT2D eigenvalue weighted by atomic mass is 9.69. The molecule has 1 atom stereocenters. The van der Waals surface area contributed by atoms with Crippen LogP contribution in [-0.2, 0) is 11.3 Å². The van der Waals surface area contributed by atoms with Gasteiger partial charge in [-0.15, -0.1) is 0 Å². The fourth-order valence-electron chi connectivity index (χ4n) is 4.14. The summed E-state index contributed by atoms with van der Waals surface area (Å²) in [6.07, 6.45) is 5.29. The monoisotopic (exact) mass is 332 g/mol. The third-order valence-corrected chi connectivity index (χ3v) is 5.59. The number of methoxy groups -OCH3 is 1. The second kappa shape index (κ2) is 8.32. The maximum absolute atomic E-state index is 6.19. The molecule has 0 spiro atoms. The molecule has 0 radical (unpaired) electrons. The lowest BCUT2D eigenvalue weighted by Gasteiger charge is -2.44. The van der Waals surface area contributed by atoms with Crippen LogP contribution in [0.3, 0.4) is 0 Å². The van der Waals surface area contributed by atoms with Crippen molar-refractivity contribution < 1.29 is 9.47 Å². The van der Waals surface area contributed by atoms with Crippen molar-refractivity contribution in [3.8, 4) is 5.75 Å². The molecule has 134 valence electrons. The fraction of sp³-hybridized carbons (Fsp3) is 0.700. The molecule has 1 saturated carbocycles. The van der Waals surface area contributed by atoms with Gasteiger partial charge >= 0.3 is 0 Å². The fourth-order valence-corrected chi connectivity index (χ4v) is 4.14. The van der Waals surface area contributed by atoms with Crippen molar-refractivity contribution in [1.82, 2.24) is 10.2 Å². The zero-order valence-electron chi connectivity index (χ0n) is 15.2. The van der Waals surface area contributed by atoms with Gasteiger partial charge in [0.25, 0.3) is 0 Å². The molecule has 1 saturated heterocycles. The Labute approximate surface area is 146 Å². The van der Waals surface area contributed by atoms with Gasteiger partial charge in [-0.3, -0.25) is 0 Å². The molecule has 1 aromatic rings. The number of nitrogens with zero attached hydrogens (tertiary/aromatic N) is 1. The summed E-state index contributed by atoms with van der Waals surface area (Å²) in [5.41, 5.74) is 1.54. The molecule has 2 aliphatic rings. The van der Waals surface area contributed by atoms with Crippen LogP contribution in [0.25, 0.3) is 0 Å². The van der Waals surface area contributed by atoms with Gasteiger partial charge in [0.1, 0.15) is 5.75 Å². The third kappa shape index (κ3) is 4.50. The normalized spacial score (nSPS) is 23.2. The Hall–Kier alpha value is -1.10. The predicted octanol–water partition coefficient (Wildman–Crippen LogP) is 2.92. The van der Waals surface area contributed by atoms with Gasteiger partial charge in [-0.05, 0) is 63.0 Å². The van der Waals surface area contributed by atoms with Crippen molar-refractivity contribution in [2.24, 2.45) is 11.3 Å². The molecule has 0 bridgehead atoms. The summed E-state index contributed by atoms with van der Waals surface area (Å²) in [7, 11) is 3.79. The van der Waals surface area contributed by atoms with Crippen molar-refractivity contribution >= 4 is 0 Å². The zero-order chi connectivity index (χ0) is 16.8. The molecule has 4 heteroatoms. The van der Waals surface area contributed by atoms with Crippen molar-refractivity contribution in [1.29, 1.82) is 0 Å². The Bertz CT molecular complexity index is 516. The summed E-state index contributed by atoms with van der Waals surface area (Å²) >= 11 is 0. The summed E-state index contributed by atoms with van der Waals surface area (Å²) < 4.78 is 11.4. The quantitative estimate of drug-likeness (QED) is 0.754. The Balaban J connectivity index is 1.52. The number of benzene rings is 1. The van der Waals surface area contributed by atoms with E-state index < -0.39 is 0 Å². The van der Waals surface area contributed by atoms with Crippen LogP contribution in [-0.4, -0.2) is 51.8 Å². The van der Waals surface area contributed by atoms with Crippen LogP contribution in [0.5, 0.6) is 5.75 Å². The maximum atomic E-state index is 6.19. The first-order valence-electron chi connectivity index (χ1n) is 9.31. The molecule has 1 unspecified atom stereocenters. The van der Waals surface area contributed by atoms with Crippen LogP contribution in [0, 0.1) is 11.3 Å². The van der Waals surface area contributed by atoms with Gasteiger partial charge in [0.05, 0.1) is 13.2 Å². The first-order valence-corrected chi connectivity index (χ1v) is 9.31. The highest BCUT2D eigenvalue weighted by molar-refractivity contribution is 5.28. The standard InChI is InChI=1S/C20H32N2O2/c1-21-12-18-7-10-22(13-18)15-20(8-4-9-20)16-24-19-6-3-5-17(11-19)14-23-2/h3,5-6,11,18,21H,4,7-10,12-16H2,1-2H3. The molecule has 24 heavy (non-hydrogen) atoms. The summed E-state index contributed by atoms with van der Waals surface area (Å²) in [4.78, 5) is 2.66. The summed E-state index contributed by atoms with van der Waals surface area (Å²) in [5.74, 6) is 1.80. The van der Waals surface area contributed by atoms with E-state index in [2.05, 4.69) is 41.5 Å². The Kier molecular flexibility index (Phi) is 6.14. The molecule has 1 aliphatic carbocycles. The second-order valence-corrected chi connectivity index (χ2v) is 7.67.